The largest absolute Gasteiger partial charge is 0.455 e. The molecule has 172 valence electrons. The molecule has 4 rings (SSSR count). The Bertz CT molecular complexity index is 1020. The average Bonchev–Trinajstić information content (AvgIpc) is 3.06. The van der Waals surface area contributed by atoms with Gasteiger partial charge in [-0.3, -0.25) is 0 Å². The topological polar surface area (TPSA) is 129 Å². The van der Waals surface area contributed by atoms with Gasteiger partial charge in [-0.05, 0) is 39.7 Å². The van der Waals surface area contributed by atoms with Crippen LogP contribution in [-0.2, 0) is 33.3 Å². The molecule has 9 heteroatoms. The maximum atomic E-state index is 12.8. The Morgan fingerprint density at radius 2 is 2.00 bits per heavy atom. The normalized spacial score (nSPS) is 43.3. The van der Waals surface area contributed by atoms with Crippen LogP contribution in [0.5, 0.6) is 0 Å². The van der Waals surface area contributed by atoms with Crippen LogP contribution in [0.2, 0.25) is 0 Å². The predicted molar refractivity (Wildman–Crippen MR) is 109 cm³/mol. The van der Waals surface area contributed by atoms with E-state index in [-0.39, 0.29) is 41.7 Å². The molecule has 2 N–H and O–H groups in total. The van der Waals surface area contributed by atoms with Gasteiger partial charge in [0.05, 0.1) is 28.9 Å². The molecule has 3 fully saturated rings. The minimum Gasteiger partial charge on any atom is -0.455 e. The summed E-state index contributed by atoms with van der Waals surface area (Å²) >= 11 is 0. The van der Waals surface area contributed by atoms with Crippen molar-refractivity contribution in [2.75, 3.05) is 6.61 Å². The number of carbonyl (C=O) groups is 3. The van der Waals surface area contributed by atoms with E-state index in [9.17, 15) is 24.6 Å². The molecule has 0 radical (unpaired) electrons. The summed E-state index contributed by atoms with van der Waals surface area (Å²) < 4.78 is 23.4. The quantitative estimate of drug-likeness (QED) is 0.373. The van der Waals surface area contributed by atoms with Crippen LogP contribution in [0, 0.1) is 0 Å². The molecule has 5 atom stereocenters. The summed E-state index contributed by atoms with van der Waals surface area (Å²) in [5.74, 6) is -2.39. The van der Waals surface area contributed by atoms with E-state index in [2.05, 4.69) is 13.2 Å². The molecule has 4 aliphatic heterocycles. The van der Waals surface area contributed by atoms with Crippen molar-refractivity contribution in [3.63, 3.8) is 0 Å². The first-order chi connectivity index (χ1) is 14.9. The van der Waals surface area contributed by atoms with Gasteiger partial charge in [-0.2, -0.15) is 0 Å². The molecule has 9 nitrogen and oxygen atoms in total. The Morgan fingerprint density at radius 3 is 2.62 bits per heavy atom. The molecule has 32 heavy (non-hydrogen) atoms. The zero-order valence-corrected chi connectivity index (χ0v) is 18.2. The number of hydrogen-bond acceptors (Lipinski definition) is 9. The van der Waals surface area contributed by atoms with Crippen LogP contribution in [-0.4, -0.2) is 63.2 Å². The summed E-state index contributed by atoms with van der Waals surface area (Å²) in [4.78, 5) is 38.0. The molecule has 0 aromatic heterocycles. The van der Waals surface area contributed by atoms with E-state index in [4.69, 9.17) is 18.9 Å². The maximum absolute atomic E-state index is 12.8. The molecular weight excluding hydrogens is 420 g/mol. The van der Waals surface area contributed by atoms with Gasteiger partial charge in [-0.25, -0.2) is 14.4 Å². The third-order valence-corrected chi connectivity index (χ3v) is 6.90. The van der Waals surface area contributed by atoms with Crippen LogP contribution in [0.25, 0.3) is 0 Å². The summed E-state index contributed by atoms with van der Waals surface area (Å²) in [5.41, 5.74) is -5.98. The molecule has 0 aliphatic carbocycles. The standard InChI is InChI=1S/C23H26O9/c1-6-14-19(27)31-21(5)10-16(29-17(25)12(2)11-24)23-13(3)18(26)30-15(23)9-20(4,28)7-8-22(14,21)32-23/h6,9,16,24,28H,2-3,7-8,10-11H2,1,4-5H3/b14-6+,15-9+/t16?,20-,21-,22-,23-/m1/s1. The van der Waals surface area contributed by atoms with E-state index in [1.165, 1.54) is 6.08 Å². The van der Waals surface area contributed by atoms with Crippen molar-refractivity contribution in [2.24, 2.45) is 0 Å². The third-order valence-electron chi connectivity index (χ3n) is 6.90. The van der Waals surface area contributed by atoms with Gasteiger partial charge in [-0.1, -0.05) is 19.2 Å². The Hall–Kier alpha value is -2.75. The van der Waals surface area contributed by atoms with Gasteiger partial charge in [0.1, 0.15) is 23.1 Å². The number of carbonyl (C=O) groups excluding carboxylic acids is 3. The molecule has 1 unspecified atom stereocenters. The molecule has 2 bridgehead atoms. The average molecular weight is 446 g/mol. The second-order valence-corrected chi connectivity index (χ2v) is 9.08. The lowest BCUT2D eigenvalue weighted by Gasteiger charge is -2.55. The SMILES string of the molecule is C=C(CO)C(=O)OC1C[C@@]2(C)OC(=O)/C(=C\C)[C@]23CC[C@@](C)(O)/C=C2/OC(=O)C(=C)[C@@]21O3. The Balaban J connectivity index is 1.98. The van der Waals surface area contributed by atoms with Crippen LogP contribution in [0.1, 0.15) is 40.0 Å². The van der Waals surface area contributed by atoms with Crippen LogP contribution >= 0.6 is 0 Å². The second-order valence-electron chi connectivity index (χ2n) is 9.08. The fraction of sp³-hybridized carbons (Fsp3) is 0.522. The van der Waals surface area contributed by atoms with Gasteiger partial charge in [0, 0.05) is 6.42 Å². The maximum Gasteiger partial charge on any atom is 0.342 e. The summed E-state index contributed by atoms with van der Waals surface area (Å²) in [6, 6.07) is 0. The summed E-state index contributed by atoms with van der Waals surface area (Å²) in [6.07, 6.45) is 2.02. The molecule has 0 aromatic rings. The van der Waals surface area contributed by atoms with Crippen LogP contribution in [0.15, 0.2) is 47.8 Å². The Labute approximate surface area is 185 Å². The predicted octanol–water partition coefficient (Wildman–Crippen LogP) is 1.15. The molecule has 2 spiro atoms. The van der Waals surface area contributed by atoms with Crippen LogP contribution in [0.3, 0.4) is 0 Å². The van der Waals surface area contributed by atoms with Crippen molar-refractivity contribution in [1.82, 2.24) is 0 Å². The van der Waals surface area contributed by atoms with Crippen molar-refractivity contribution < 1.29 is 43.5 Å². The van der Waals surface area contributed by atoms with E-state index in [0.717, 1.165) is 0 Å². The fourth-order valence-corrected chi connectivity index (χ4v) is 5.13. The highest BCUT2D eigenvalue weighted by Gasteiger charge is 2.75. The zero-order chi connectivity index (χ0) is 23.7. The van der Waals surface area contributed by atoms with Crippen molar-refractivity contribution in [2.45, 2.75) is 68.5 Å². The lowest BCUT2D eigenvalue weighted by molar-refractivity contribution is -0.265. The number of ether oxygens (including phenoxy) is 4. The minimum absolute atomic E-state index is 0.0460. The highest BCUT2D eigenvalue weighted by molar-refractivity contribution is 5.98. The molecule has 0 amide bonds. The summed E-state index contributed by atoms with van der Waals surface area (Å²) in [6.45, 7) is 11.6. The third kappa shape index (κ3) is 2.78. The van der Waals surface area contributed by atoms with Gasteiger partial charge >= 0.3 is 17.9 Å². The molecule has 0 aromatic carbocycles. The van der Waals surface area contributed by atoms with Gasteiger partial charge < -0.3 is 29.2 Å². The van der Waals surface area contributed by atoms with Crippen molar-refractivity contribution >= 4 is 17.9 Å². The van der Waals surface area contributed by atoms with Gasteiger partial charge in [0.2, 0.25) is 0 Å². The van der Waals surface area contributed by atoms with Crippen molar-refractivity contribution in [3.05, 3.63) is 47.8 Å². The van der Waals surface area contributed by atoms with Crippen molar-refractivity contribution in [3.8, 4) is 0 Å². The van der Waals surface area contributed by atoms with E-state index in [0.29, 0.717) is 0 Å². The molecule has 3 saturated heterocycles. The smallest absolute Gasteiger partial charge is 0.342 e. The molecule has 4 heterocycles. The van der Waals surface area contributed by atoms with E-state index in [1.54, 1.807) is 26.8 Å². The molecule has 4 aliphatic rings. The van der Waals surface area contributed by atoms with E-state index < -0.39 is 53.0 Å². The summed E-state index contributed by atoms with van der Waals surface area (Å²) in [5, 5.41) is 20.3. The highest BCUT2D eigenvalue weighted by Crippen LogP contribution is 2.61. The molecule has 0 saturated carbocycles. The van der Waals surface area contributed by atoms with Crippen LogP contribution < -0.4 is 0 Å². The number of aliphatic hydroxyl groups excluding tert-OH is 1. The Morgan fingerprint density at radius 1 is 1.31 bits per heavy atom. The number of aliphatic hydroxyl groups is 2. The van der Waals surface area contributed by atoms with Crippen LogP contribution in [0.4, 0.5) is 0 Å². The van der Waals surface area contributed by atoms with Crippen molar-refractivity contribution in [1.29, 1.82) is 0 Å². The minimum atomic E-state index is -1.80. The molecular formula is C23H26O9. The first kappa shape index (κ1) is 22.4. The number of allylic oxidation sites excluding steroid dienone is 1. The van der Waals surface area contributed by atoms with Gasteiger partial charge in [-0.15, -0.1) is 0 Å². The first-order valence-corrected chi connectivity index (χ1v) is 10.3. The second kappa shape index (κ2) is 6.87. The fourth-order valence-electron chi connectivity index (χ4n) is 5.13. The van der Waals surface area contributed by atoms with E-state index >= 15 is 0 Å². The lowest BCUT2D eigenvalue weighted by Crippen LogP contribution is -2.68. The number of rotatable bonds is 3. The zero-order valence-electron chi connectivity index (χ0n) is 18.2. The first-order valence-electron chi connectivity index (χ1n) is 10.3. The Kier molecular flexibility index (Phi) is 4.82. The van der Waals surface area contributed by atoms with Gasteiger partial charge in [0.15, 0.2) is 5.60 Å². The number of hydrogen-bond donors (Lipinski definition) is 2. The highest BCUT2D eigenvalue weighted by atomic mass is 16.7. The van der Waals surface area contributed by atoms with E-state index in [1.807, 2.05) is 0 Å². The lowest BCUT2D eigenvalue weighted by atomic mass is 9.65. The van der Waals surface area contributed by atoms with Gasteiger partial charge in [0.25, 0.3) is 0 Å². The summed E-state index contributed by atoms with van der Waals surface area (Å²) in [7, 11) is 0. The monoisotopic (exact) mass is 446 g/mol. The number of esters is 3.